The van der Waals surface area contributed by atoms with Gasteiger partial charge in [0.25, 0.3) is 0 Å². The quantitative estimate of drug-likeness (QED) is 0.791. The highest BCUT2D eigenvalue weighted by molar-refractivity contribution is 8.00. The second-order valence-corrected chi connectivity index (χ2v) is 5.80. The van der Waals surface area contributed by atoms with E-state index in [1.54, 1.807) is 0 Å². The van der Waals surface area contributed by atoms with E-state index < -0.39 is 0 Å². The fraction of sp³-hybridized carbons (Fsp3) is 0.538. The maximum absolute atomic E-state index is 5.50. The third kappa shape index (κ3) is 2.76. The van der Waals surface area contributed by atoms with Gasteiger partial charge in [-0.1, -0.05) is 19.1 Å². The number of thioether (sulfide) groups is 1. The van der Waals surface area contributed by atoms with E-state index in [2.05, 4.69) is 25.1 Å². The molecule has 1 aromatic carbocycles. The van der Waals surface area contributed by atoms with Gasteiger partial charge in [0.05, 0.1) is 0 Å². The number of fused-ring (bicyclic) bond motifs is 1. The molecule has 15 heavy (non-hydrogen) atoms. The van der Waals surface area contributed by atoms with E-state index in [0.717, 1.165) is 18.2 Å². The molecule has 0 amide bonds. The van der Waals surface area contributed by atoms with Crippen LogP contribution in [0.4, 0.5) is 0 Å². The zero-order valence-electron chi connectivity index (χ0n) is 9.33. The van der Waals surface area contributed by atoms with Gasteiger partial charge >= 0.3 is 0 Å². The van der Waals surface area contributed by atoms with Crippen LogP contribution in [0.25, 0.3) is 0 Å². The van der Waals surface area contributed by atoms with Crippen LogP contribution in [0.2, 0.25) is 0 Å². The average Bonchev–Trinajstić information content (AvgIpc) is 2.57. The van der Waals surface area contributed by atoms with Gasteiger partial charge in [0.2, 0.25) is 0 Å². The predicted octanol–water partition coefficient (Wildman–Crippen LogP) is 3.00. The summed E-state index contributed by atoms with van der Waals surface area (Å²) in [6, 6.07) is 6.97. The molecule has 2 rings (SSSR count). The third-order valence-electron chi connectivity index (χ3n) is 2.89. The first-order valence-electron chi connectivity index (χ1n) is 5.78. The summed E-state index contributed by atoms with van der Waals surface area (Å²) in [4.78, 5) is 1.51. The van der Waals surface area contributed by atoms with Crippen molar-refractivity contribution in [1.29, 1.82) is 0 Å². The van der Waals surface area contributed by atoms with Crippen LogP contribution in [0.15, 0.2) is 23.1 Å². The van der Waals surface area contributed by atoms with Gasteiger partial charge in [-0.15, -0.1) is 11.8 Å². The molecule has 0 saturated carbocycles. The van der Waals surface area contributed by atoms with E-state index in [1.807, 2.05) is 11.8 Å². The molecule has 2 heteroatoms. The molecular weight excluding hydrogens is 202 g/mol. The molecular formula is C13H19NS. The lowest BCUT2D eigenvalue weighted by atomic mass is 10.0. The molecule has 0 aromatic heterocycles. The number of nitrogens with two attached hydrogens (primary N) is 1. The third-order valence-corrected chi connectivity index (χ3v) is 4.09. The molecule has 1 heterocycles. The van der Waals surface area contributed by atoms with E-state index in [4.69, 9.17) is 5.73 Å². The van der Waals surface area contributed by atoms with E-state index >= 15 is 0 Å². The fourth-order valence-corrected chi connectivity index (χ4v) is 3.29. The van der Waals surface area contributed by atoms with Crippen LogP contribution >= 0.6 is 11.8 Å². The second-order valence-electron chi connectivity index (χ2n) is 4.32. The fourth-order valence-electron chi connectivity index (χ4n) is 2.07. The summed E-state index contributed by atoms with van der Waals surface area (Å²) in [7, 11) is 0. The summed E-state index contributed by atoms with van der Waals surface area (Å²) in [6.07, 6.45) is 4.78. The summed E-state index contributed by atoms with van der Waals surface area (Å²) in [5.74, 6) is 0. The minimum absolute atomic E-state index is 0.763. The van der Waals surface area contributed by atoms with Crippen molar-refractivity contribution in [3.63, 3.8) is 0 Å². The van der Waals surface area contributed by atoms with E-state index in [9.17, 15) is 0 Å². The van der Waals surface area contributed by atoms with Crippen LogP contribution in [0.5, 0.6) is 0 Å². The number of unbranched alkanes of at least 4 members (excludes halogenated alkanes) is 1. The Labute approximate surface area is 96.4 Å². The highest BCUT2D eigenvalue weighted by atomic mass is 32.2. The number of aryl methyl sites for hydroxylation is 1. The molecule has 1 aromatic rings. The Hall–Kier alpha value is -0.470. The first kappa shape index (κ1) is 11.0. The summed E-state index contributed by atoms with van der Waals surface area (Å²) in [6.45, 7) is 3.12. The van der Waals surface area contributed by atoms with Crippen molar-refractivity contribution in [2.45, 2.75) is 42.8 Å². The number of hydrogen-bond donors (Lipinski definition) is 1. The molecule has 0 fully saturated rings. The van der Waals surface area contributed by atoms with Gasteiger partial charge in [0.15, 0.2) is 0 Å². The zero-order valence-corrected chi connectivity index (χ0v) is 10.1. The van der Waals surface area contributed by atoms with Gasteiger partial charge in [-0.2, -0.15) is 0 Å². The Morgan fingerprint density at radius 3 is 3.07 bits per heavy atom. The monoisotopic (exact) mass is 221 g/mol. The van der Waals surface area contributed by atoms with Crippen molar-refractivity contribution in [3.8, 4) is 0 Å². The number of benzene rings is 1. The van der Waals surface area contributed by atoms with Crippen molar-refractivity contribution in [2.24, 2.45) is 5.73 Å². The SMILES string of the molecule is CC1Cc2ccc(CCCCN)cc2S1. The van der Waals surface area contributed by atoms with E-state index in [0.29, 0.717) is 0 Å². The largest absolute Gasteiger partial charge is 0.330 e. The zero-order chi connectivity index (χ0) is 10.7. The smallest absolute Gasteiger partial charge is 0.0110 e. The molecule has 1 aliphatic heterocycles. The Balaban J connectivity index is 2.00. The minimum Gasteiger partial charge on any atom is -0.330 e. The molecule has 0 radical (unpaired) electrons. The lowest BCUT2D eigenvalue weighted by molar-refractivity contribution is 0.743. The molecule has 0 aliphatic carbocycles. The maximum Gasteiger partial charge on any atom is 0.0110 e. The van der Waals surface area contributed by atoms with Crippen LogP contribution < -0.4 is 5.73 Å². The lowest BCUT2D eigenvalue weighted by Crippen LogP contribution is -1.99. The highest BCUT2D eigenvalue weighted by Gasteiger charge is 2.17. The topological polar surface area (TPSA) is 26.0 Å². The molecule has 82 valence electrons. The van der Waals surface area contributed by atoms with Crippen molar-refractivity contribution in [3.05, 3.63) is 29.3 Å². The Morgan fingerprint density at radius 1 is 1.40 bits per heavy atom. The first-order valence-corrected chi connectivity index (χ1v) is 6.66. The van der Waals surface area contributed by atoms with Crippen molar-refractivity contribution < 1.29 is 0 Å². The van der Waals surface area contributed by atoms with Crippen LogP contribution in [-0.4, -0.2) is 11.8 Å². The summed E-state index contributed by atoms with van der Waals surface area (Å²) in [5.41, 5.74) is 8.51. The molecule has 1 atom stereocenters. The van der Waals surface area contributed by atoms with Crippen LogP contribution in [0.3, 0.4) is 0 Å². The van der Waals surface area contributed by atoms with Crippen LogP contribution in [0, 0.1) is 0 Å². The van der Waals surface area contributed by atoms with Gasteiger partial charge in [-0.3, -0.25) is 0 Å². The van der Waals surface area contributed by atoms with E-state index in [-0.39, 0.29) is 0 Å². The van der Waals surface area contributed by atoms with Crippen molar-refractivity contribution in [2.75, 3.05) is 6.54 Å². The Morgan fingerprint density at radius 2 is 2.27 bits per heavy atom. The molecule has 2 N–H and O–H groups in total. The normalized spacial score (nSPS) is 19.2. The first-order chi connectivity index (χ1) is 7.29. The Bertz CT molecular complexity index is 335. The van der Waals surface area contributed by atoms with Crippen LogP contribution in [-0.2, 0) is 12.8 Å². The summed E-state index contributed by atoms with van der Waals surface area (Å²) < 4.78 is 0. The standard InChI is InChI=1S/C13H19NS/c1-10-8-12-6-5-11(4-2-3-7-14)9-13(12)15-10/h5-6,9-10H,2-4,7-8,14H2,1H3. The number of rotatable bonds is 4. The molecule has 1 aliphatic rings. The molecule has 1 unspecified atom stereocenters. The van der Waals surface area contributed by atoms with Gasteiger partial charge in [-0.05, 0) is 49.4 Å². The van der Waals surface area contributed by atoms with Gasteiger partial charge in [-0.25, -0.2) is 0 Å². The minimum atomic E-state index is 0.763. The van der Waals surface area contributed by atoms with E-state index in [1.165, 1.54) is 35.3 Å². The highest BCUT2D eigenvalue weighted by Crippen LogP contribution is 2.37. The molecule has 0 bridgehead atoms. The summed E-state index contributed by atoms with van der Waals surface area (Å²) in [5, 5.41) is 0.763. The predicted molar refractivity (Wildman–Crippen MR) is 67.5 cm³/mol. The van der Waals surface area contributed by atoms with Gasteiger partial charge < -0.3 is 5.73 Å². The maximum atomic E-state index is 5.50. The average molecular weight is 221 g/mol. The number of hydrogen-bond acceptors (Lipinski definition) is 2. The van der Waals surface area contributed by atoms with Crippen molar-refractivity contribution in [1.82, 2.24) is 0 Å². The van der Waals surface area contributed by atoms with Gasteiger partial charge in [0.1, 0.15) is 0 Å². The summed E-state index contributed by atoms with van der Waals surface area (Å²) >= 11 is 2.02. The Kier molecular flexibility index (Phi) is 3.71. The van der Waals surface area contributed by atoms with Crippen LogP contribution in [0.1, 0.15) is 30.9 Å². The molecule has 0 saturated heterocycles. The van der Waals surface area contributed by atoms with Crippen molar-refractivity contribution >= 4 is 11.8 Å². The molecule has 0 spiro atoms. The molecule has 1 nitrogen and oxygen atoms in total. The van der Waals surface area contributed by atoms with Gasteiger partial charge in [0, 0.05) is 10.1 Å². The second kappa shape index (κ2) is 5.04. The lowest BCUT2D eigenvalue weighted by Gasteiger charge is -2.03.